The van der Waals surface area contributed by atoms with Gasteiger partial charge < -0.3 is 10.4 Å². The number of aromatic nitrogens is 1. The molecule has 20 heavy (non-hydrogen) atoms. The van der Waals surface area contributed by atoms with E-state index in [-0.39, 0.29) is 11.4 Å². The van der Waals surface area contributed by atoms with E-state index in [4.69, 9.17) is 5.11 Å². The summed E-state index contributed by atoms with van der Waals surface area (Å²) < 4.78 is 13.0. The van der Waals surface area contributed by atoms with Crippen LogP contribution in [0.1, 0.15) is 21.5 Å². The van der Waals surface area contributed by atoms with Crippen LogP contribution in [0.2, 0.25) is 0 Å². The second-order valence-corrected chi connectivity index (χ2v) is 4.48. The molecule has 0 saturated heterocycles. The van der Waals surface area contributed by atoms with Crippen LogP contribution in [-0.4, -0.2) is 22.6 Å². The van der Waals surface area contributed by atoms with Crippen LogP contribution in [0.5, 0.6) is 0 Å². The minimum Gasteiger partial charge on any atom is -0.478 e. The van der Waals surface area contributed by atoms with Crippen molar-refractivity contribution in [3.8, 4) is 0 Å². The molecular weight excluding hydrogens is 259 g/mol. The Labute approximate surface area is 116 Å². The van der Waals surface area contributed by atoms with Crippen LogP contribution < -0.4 is 5.32 Å². The lowest BCUT2D eigenvalue weighted by Crippen LogP contribution is -2.08. The molecule has 0 atom stereocenters. The van der Waals surface area contributed by atoms with Gasteiger partial charge in [0.15, 0.2) is 0 Å². The van der Waals surface area contributed by atoms with E-state index in [1.165, 1.54) is 24.4 Å². The summed E-state index contributed by atoms with van der Waals surface area (Å²) in [5.74, 6) is -0.606. The molecule has 4 nitrogen and oxygen atoms in total. The van der Waals surface area contributed by atoms with Gasteiger partial charge in [0, 0.05) is 12.7 Å². The summed E-state index contributed by atoms with van der Waals surface area (Å²) in [5, 5.41) is 11.9. The van der Waals surface area contributed by atoms with Gasteiger partial charge in [-0.2, -0.15) is 0 Å². The van der Waals surface area contributed by atoms with Gasteiger partial charge in [-0.1, -0.05) is 6.07 Å². The minimum absolute atomic E-state index is 0.157. The quantitative estimate of drug-likeness (QED) is 0.880. The van der Waals surface area contributed by atoms with Gasteiger partial charge in [-0.15, -0.1) is 0 Å². The fourth-order valence-corrected chi connectivity index (χ4v) is 1.89. The van der Waals surface area contributed by atoms with Crippen molar-refractivity contribution in [3.05, 3.63) is 59.0 Å². The molecule has 0 aliphatic heterocycles. The van der Waals surface area contributed by atoms with E-state index in [2.05, 4.69) is 10.3 Å². The van der Waals surface area contributed by atoms with Crippen molar-refractivity contribution in [2.45, 2.75) is 13.3 Å². The molecule has 5 heteroatoms. The fraction of sp³-hybridized carbons (Fsp3) is 0.200. The first-order chi connectivity index (χ1) is 9.56. The maximum atomic E-state index is 13.0. The van der Waals surface area contributed by atoms with Crippen molar-refractivity contribution in [3.63, 3.8) is 0 Å². The molecule has 2 rings (SSSR count). The van der Waals surface area contributed by atoms with E-state index in [0.29, 0.717) is 12.4 Å². The average molecular weight is 274 g/mol. The molecule has 0 amide bonds. The normalized spacial score (nSPS) is 10.3. The second-order valence-electron chi connectivity index (χ2n) is 4.48. The topological polar surface area (TPSA) is 62.2 Å². The number of nitrogens with one attached hydrogen (secondary N) is 1. The number of carboxylic acid groups (broad SMARTS) is 1. The fourth-order valence-electron chi connectivity index (χ4n) is 1.89. The summed E-state index contributed by atoms with van der Waals surface area (Å²) in [6.07, 6.45) is 2.06. The number of benzene rings is 1. The predicted octanol–water partition coefficient (Wildman–Crippen LogP) is 2.88. The molecule has 0 unspecified atom stereocenters. The molecule has 104 valence electrons. The third kappa shape index (κ3) is 3.54. The third-order valence-corrected chi connectivity index (χ3v) is 3.02. The number of aromatic carboxylic acids is 1. The van der Waals surface area contributed by atoms with E-state index in [1.54, 1.807) is 12.1 Å². The highest BCUT2D eigenvalue weighted by molar-refractivity contribution is 5.87. The van der Waals surface area contributed by atoms with Crippen molar-refractivity contribution in [1.29, 1.82) is 0 Å². The zero-order valence-corrected chi connectivity index (χ0v) is 11.1. The summed E-state index contributed by atoms with van der Waals surface area (Å²) in [4.78, 5) is 14.7. The monoisotopic (exact) mass is 274 g/mol. The number of carboxylic acids is 1. The number of aryl methyl sites for hydroxylation is 1. The molecule has 0 aliphatic rings. The molecule has 1 aromatic heterocycles. The van der Waals surface area contributed by atoms with E-state index in [0.717, 1.165) is 17.5 Å². The molecular formula is C15H15FN2O2. The van der Waals surface area contributed by atoms with Crippen molar-refractivity contribution in [2.75, 3.05) is 11.9 Å². The Morgan fingerprint density at radius 2 is 2.15 bits per heavy atom. The van der Waals surface area contributed by atoms with E-state index < -0.39 is 5.97 Å². The van der Waals surface area contributed by atoms with Crippen molar-refractivity contribution >= 4 is 11.8 Å². The highest BCUT2D eigenvalue weighted by Gasteiger charge is 2.03. The van der Waals surface area contributed by atoms with E-state index in [1.807, 2.05) is 6.92 Å². The largest absolute Gasteiger partial charge is 0.478 e. The van der Waals surface area contributed by atoms with Gasteiger partial charge in [0.2, 0.25) is 0 Å². The number of pyridine rings is 1. The van der Waals surface area contributed by atoms with Crippen LogP contribution in [0.25, 0.3) is 0 Å². The molecule has 0 aliphatic carbocycles. The number of carbonyl (C=O) groups is 1. The Bertz CT molecular complexity index is 612. The SMILES string of the molecule is Cc1cc(F)ccc1CCNc1ccc(C(=O)O)cn1. The number of nitrogens with zero attached hydrogens (tertiary/aromatic N) is 1. The smallest absolute Gasteiger partial charge is 0.337 e. The Morgan fingerprint density at radius 3 is 2.75 bits per heavy atom. The molecule has 1 aromatic carbocycles. The predicted molar refractivity (Wildman–Crippen MR) is 74.5 cm³/mol. The second kappa shape index (κ2) is 6.14. The molecule has 2 N–H and O–H groups in total. The number of hydrogen-bond donors (Lipinski definition) is 2. The summed E-state index contributed by atoms with van der Waals surface area (Å²) in [6.45, 7) is 2.52. The number of anilines is 1. The zero-order chi connectivity index (χ0) is 14.5. The summed E-state index contributed by atoms with van der Waals surface area (Å²) in [6, 6.07) is 7.85. The van der Waals surface area contributed by atoms with Crippen LogP contribution in [0.3, 0.4) is 0 Å². The highest BCUT2D eigenvalue weighted by atomic mass is 19.1. The molecule has 0 fully saturated rings. The molecule has 0 radical (unpaired) electrons. The van der Waals surface area contributed by atoms with Gasteiger partial charge in [0.25, 0.3) is 0 Å². The van der Waals surface area contributed by atoms with E-state index >= 15 is 0 Å². The van der Waals surface area contributed by atoms with Gasteiger partial charge in [-0.25, -0.2) is 14.2 Å². The number of halogens is 1. The molecule has 0 bridgehead atoms. The Balaban J connectivity index is 1.91. The van der Waals surface area contributed by atoms with Crippen LogP contribution >= 0.6 is 0 Å². The Kier molecular flexibility index (Phi) is 4.30. The van der Waals surface area contributed by atoms with Crippen LogP contribution in [0, 0.1) is 12.7 Å². The number of hydrogen-bond acceptors (Lipinski definition) is 3. The first-order valence-electron chi connectivity index (χ1n) is 6.24. The Morgan fingerprint density at radius 1 is 1.35 bits per heavy atom. The highest BCUT2D eigenvalue weighted by Crippen LogP contribution is 2.11. The van der Waals surface area contributed by atoms with Gasteiger partial charge in [0.05, 0.1) is 5.56 Å². The first kappa shape index (κ1) is 14.0. The Hall–Kier alpha value is -2.43. The maximum absolute atomic E-state index is 13.0. The molecule has 2 aromatic rings. The third-order valence-electron chi connectivity index (χ3n) is 3.02. The van der Waals surface area contributed by atoms with Gasteiger partial charge in [-0.05, 0) is 48.7 Å². The number of rotatable bonds is 5. The maximum Gasteiger partial charge on any atom is 0.337 e. The zero-order valence-electron chi connectivity index (χ0n) is 11.1. The summed E-state index contributed by atoms with van der Waals surface area (Å²) in [5.41, 5.74) is 2.15. The lowest BCUT2D eigenvalue weighted by molar-refractivity contribution is 0.0696. The molecule has 1 heterocycles. The van der Waals surface area contributed by atoms with Crippen molar-refractivity contribution in [1.82, 2.24) is 4.98 Å². The molecule has 0 spiro atoms. The lowest BCUT2D eigenvalue weighted by Gasteiger charge is -2.08. The van der Waals surface area contributed by atoms with Gasteiger partial charge in [-0.3, -0.25) is 0 Å². The lowest BCUT2D eigenvalue weighted by atomic mass is 10.1. The van der Waals surface area contributed by atoms with Crippen molar-refractivity contribution < 1.29 is 14.3 Å². The van der Waals surface area contributed by atoms with E-state index in [9.17, 15) is 9.18 Å². The van der Waals surface area contributed by atoms with Gasteiger partial charge >= 0.3 is 5.97 Å². The van der Waals surface area contributed by atoms with Crippen LogP contribution in [0.15, 0.2) is 36.5 Å². The van der Waals surface area contributed by atoms with Crippen LogP contribution in [-0.2, 0) is 6.42 Å². The first-order valence-corrected chi connectivity index (χ1v) is 6.24. The molecule has 0 saturated carbocycles. The minimum atomic E-state index is -0.994. The summed E-state index contributed by atoms with van der Waals surface area (Å²) in [7, 11) is 0. The standard InChI is InChI=1S/C15H15FN2O2/c1-10-8-13(16)4-2-11(10)6-7-17-14-5-3-12(9-18-14)15(19)20/h2-5,8-9H,6-7H2,1H3,(H,17,18)(H,19,20). The summed E-state index contributed by atoms with van der Waals surface area (Å²) >= 11 is 0. The van der Waals surface area contributed by atoms with Crippen molar-refractivity contribution in [2.24, 2.45) is 0 Å². The van der Waals surface area contributed by atoms with Crippen LogP contribution in [0.4, 0.5) is 10.2 Å². The van der Waals surface area contributed by atoms with Gasteiger partial charge in [0.1, 0.15) is 11.6 Å². The average Bonchev–Trinajstić information content (AvgIpc) is 2.42.